The highest BCUT2D eigenvalue weighted by molar-refractivity contribution is 5.92. The van der Waals surface area contributed by atoms with Crippen LogP contribution in [0.1, 0.15) is 22.5 Å². The Morgan fingerprint density at radius 2 is 2.11 bits per heavy atom. The molecule has 1 N–H and O–H groups in total. The Hall–Kier alpha value is -2.43. The highest BCUT2D eigenvalue weighted by atomic mass is 16.2. The molecule has 96 valence electrons. The lowest BCUT2D eigenvalue weighted by atomic mass is 9.99. The highest BCUT2D eigenvalue weighted by Crippen LogP contribution is 2.22. The second kappa shape index (κ2) is 5.06. The molecule has 5 heteroatoms. The van der Waals surface area contributed by atoms with Crippen LogP contribution in [0.2, 0.25) is 0 Å². The Balaban J connectivity index is 1.72. The Labute approximate surface area is 110 Å². The number of hydrogen-bond acceptors (Lipinski definition) is 3. The average molecular weight is 254 g/mol. The fraction of sp³-hybridized carbons (Fsp3) is 0.214. The standard InChI is InChI=1S/C14H14N4O/c19-14(13-10-15-17-16-13)18-8-6-12(7-9-18)11-4-2-1-3-5-11/h1-6,10H,7-9H2,(H,15,16,17). The zero-order valence-electron chi connectivity index (χ0n) is 10.4. The summed E-state index contributed by atoms with van der Waals surface area (Å²) in [4.78, 5) is 13.9. The van der Waals surface area contributed by atoms with Crippen LogP contribution in [0.15, 0.2) is 42.6 Å². The van der Waals surface area contributed by atoms with Crippen molar-refractivity contribution in [2.45, 2.75) is 6.42 Å². The van der Waals surface area contributed by atoms with Crippen molar-refractivity contribution < 1.29 is 4.79 Å². The molecule has 3 rings (SSSR count). The van der Waals surface area contributed by atoms with Crippen LogP contribution >= 0.6 is 0 Å². The van der Waals surface area contributed by atoms with Crippen molar-refractivity contribution in [3.63, 3.8) is 0 Å². The summed E-state index contributed by atoms with van der Waals surface area (Å²) in [7, 11) is 0. The lowest BCUT2D eigenvalue weighted by Gasteiger charge is -2.25. The number of rotatable bonds is 2. The van der Waals surface area contributed by atoms with Crippen LogP contribution in [0.4, 0.5) is 0 Å². The summed E-state index contributed by atoms with van der Waals surface area (Å²) in [5.74, 6) is -0.0721. The summed E-state index contributed by atoms with van der Waals surface area (Å²) >= 11 is 0. The fourth-order valence-corrected chi connectivity index (χ4v) is 2.23. The van der Waals surface area contributed by atoms with E-state index < -0.39 is 0 Å². The third kappa shape index (κ3) is 2.40. The third-order valence-corrected chi connectivity index (χ3v) is 3.28. The number of carbonyl (C=O) groups is 1. The lowest BCUT2D eigenvalue weighted by molar-refractivity contribution is 0.0767. The van der Waals surface area contributed by atoms with Gasteiger partial charge in [0, 0.05) is 13.1 Å². The van der Waals surface area contributed by atoms with Gasteiger partial charge < -0.3 is 4.90 Å². The molecular formula is C14H14N4O. The van der Waals surface area contributed by atoms with E-state index in [2.05, 4.69) is 33.6 Å². The maximum atomic E-state index is 12.1. The average Bonchev–Trinajstić information content (AvgIpc) is 3.02. The van der Waals surface area contributed by atoms with E-state index in [4.69, 9.17) is 0 Å². The molecule has 1 amide bonds. The van der Waals surface area contributed by atoms with Gasteiger partial charge in [-0.1, -0.05) is 36.4 Å². The van der Waals surface area contributed by atoms with Crippen molar-refractivity contribution in [1.82, 2.24) is 20.3 Å². The molecule has 0 saturated heterocycles. The number of nitrogens with zero attached hydrogens (tertiary/aromatic N) is 3. The highest BCUT2D eigenvalue weighted by Gasteiger charge is 2.20. The van der Waals surface area contributed by atoms with Gasteiger partial charge in [0.15, 0.2) is 5.69 Å². The van der Waals surface area contributed by atoms with Gasteiger partial charge in [-0.25, -0.2) is 0 Å². The molecule has 0 atom stereocenters. The summed E-state index contributed by atoms with van der Waals surface area (Å²) in [6.07, 6.45) is 4.43. The second-order valence-corrected chi connectivity index (χ2v) is 4.45. The first-order valence-corrected chi connectivity index (χ1v) is 6.24. The Morgan fingerprint density at radius 1 is 1.26 bits per heavy atom. The first-order valence-electron chi connectivity index (χ1n) is 6.24. The van der Waals surface area contributed by atoms with Gasteiger partial charge in [0.1, 0.15) is 0 Å². The van der Waals surface area contributed by atoms with Crippen LogP contribution in [0.5, 0.6) is 0 Å². The number of H-pyrrole nitrogens is 1. The topological polar surface area (TPSA) is 61.9 Å². The zero-order valence-corrected chi connectivity index (χ0v) is 10.4. The molecule has 1 aliphatic heterocycles. The summed E-state index contributed by atoms with van der Waals surface area (Å²) in [6.45, 7) is 1.34. The molecule has 1 aromatic carbocycles. The molecule has 0 unspecified atom stereocenters. The molecule has 2 aromatic rings. The molecule has 2 heterocycles. The molecule has 0 aliphatic carbocycles. The van der Waals surface area contributed by atoms with Gasteiger partial charge in [0.05, 0.1) is 6.20 Å². The molecule has 0 saturated carbocycles. The minimum absolute atomic E-state index is 0.0721. The van der Waals surface area contributed by atoms with Gasteiger partial charge in [0.25, 0.3) is 5.91 Å². The summed E-state index contributed by atoms with van der Waals surface area (Å²) in [5.41, 5.74) is 2.90. The van der Waals surface area contributed by atoms with Crippen LogP contribution in [0.25, 0.3) is 5.57 Å². The molecular weight excluding hydrogens is 240 g/mol. The van der Waals surface area contributed by atoms with E-state index in [0.717, 1.165) is 6.42 Å². The summed E-state index contributed by atoms with van der Waals surface area (Å²) in [5, 5.41) is 9.94. The van der Waals surface area contributed by atoms with Crippen molar-refractivity contribution in [2.24, 2.45) is 0 Å². The Kier molecular flexibility index (Phi) is 3.10. The van der Waals surface area contributed by atoms with Gasteiger partial charge in [-0.05, 0) is 17.6 Å². The van der Waals surface area contributed by atoms with Gasteiger partial charge in [-0.2, -0.15) is 15.4 Å². The first kappa shape index (κ1) is 11.6. The van der Waals surface area contributed by atoms with Crippen molar-refractivity contribution in [2.75, 3.05) is 13.1 Å². The molecule has 5 nitrogen and oxygen atoms in total. The van der Waals surface area contributed by atoms with Crippen LogP contribution in [-0.2, 0) is 0 Å². The molecule has 0 fully saturated rings. The van der Waals surface area contributed by atoms with E-state index in [9.17, 15) is 4.79 Å². The van der Waals surface area contributed by atoms with E-state index >= 15 is 0 Å². The molecule has 1 aromatic heterocycles. The number of aromatic amines is 1. The summed E-state index contributed by atoms with van der Waals surface area (Å²) < 4.78 is 0. The molecule has 0 radical (unpaired) electrons. The maximum absolute atomic E-state index is 12.1. The molecule has 0 bridgehead atoms. The molecule has 0 spiro atoms. The second-order valence-electron chi connectivity index (χ2n) is 4.45. The quantitative estimate of drug-likeness (QED) is 0.887. The third-order valence-electron chi connectivity index (χ3n) is 3.28. The van der Waals surface area contributed by atoms with Gasteiger partial charge in [-0.15, -0.1) is 0 Å². The van der Waals surface area contributed by atoms with Crippen LogP contribution in [-0.4, -0.2) is 39.3 Å². The van der Waals surface area contributed by atoms with Gasteiger partial charge >= 0.3 is 0 Å². The van der Waals surface area contributed by atoms with Crippen molar-refractivity contribution in [3.05, 3.63) is 53.9 Å². The van der Waals surface area contributed by atoms with Crippen LogP contribution < -0.4 is 0 Å². The molecule has 19 heavy (non-hydrogen) atoms. The van der Waals surface area contributed by atoms with E-state index in [1.165, 1.54) is 17.3 Å². The number of benzene rings is 1. The smallest absolute Gasteiger partial charge is 0.276 e. The number of amides is 1. The predicted octanol–water partition coefficient (Wildman–Crippen LogP) is 1.73. The minimum atomic E-state index is -0.0721. The number of aromatic nitrogens is 3. The Bertz CT molecular complexity index is 589. The Morgan fingerprint density at radius 3 is 2.74 bits per heavy atom. The van der Waals surface area contributed by atoms with Crippen LogP contribution in [0.3, 0.4) is 0 Å². The number of hydrogen-bond donors (Lipinski definition) is 1. The lowest BCUT2D eigenvalue weighted by Crippen LogP contribution is -2.34. The molecule has 1 aliphatic rings. The monoisotopic (exact) mass is 254 g/mol. The van der Waals surface area contributed by atoms with E-state index in [1.54, 1.807) is 4.90 Å². The minimum Gasteiger partial charge on any atom is -0.333 e. The number of carbonyl (C=O) groups excluding carboxylic acids is 1. The van der Waals surface area contributed by atoms with Crippen LogP contribution in [0, 0.1) is 0 Å². The normalized spacial score (nSPS) is 15.2. The predicted molar refractivity (Wildman–Crippen MR) is 71.3 cm³/mol. The van der Waals surface area contributed by atoms with E-state index in [-0.39, 0.29) is 5.91 Å². The SMILES string of the molecule is O=C(c1cn[nH]n1)N1CC=C(c2ccccc2)CC1. The largest absolute Gasteiger partial charge is 0.333 e. The van der Waals surface area contributed by atoms with Crippen molar-refractivity contribution in [3.8, 4) is 0 Å². The fourth-order valence-electron chi connectivity index (χ4n) is 2.23. The van der Waals surface area contributed by atoms with E-state index in [1.807, 2.05) is 18.2 Å². The van der Waals surface area contributed by atoms with E-state index in [0.29, 0.717) is 18.8 Å². The zero-order chi connectivity index (χ0) is 13.1. The maximum Gasteiger partial charge on any atom is 0.276 e. The van der Waals surface area contributed by atoms with Crippen molar-refractivity contribution >= 4 is 11.5 Å². The van der Waals surface area contributed by atoms with Crippen molar-refractivity contribution in [1.29, 1.82) is 0 Å². The first-order chi connectivity index (χ1) is 9.34. The van der Waals surface area contributed by atoms with Gasteiger partial charge in [-0.3, -0.25) is 4.79 Å². The number of nitrogens with one attached hydrogen (secondary N) is 1. The van der Waals surface area contributed by atoms with Gasteiger partial charge in [0.2, 0.25) is 0 Å². The summed E-state index contributed by atoms with van der Waals surface area (Å²) in [6, 6.07) is 10.3.